The molecule has 24 valence electrons. The van der Waals surface area contributed by atoms with Crippen molar-refractivity contribution in [2.45, 2.75) is 0 Å². The van der Waals surface area contributed by atoms with E-state index in [2.05, 4.69) is 0 Å². The molecule has 0 fully saturated rings. The zero-order chi connectivity index (χ0) is 0. The quantitative estimate of drug-likeness (QED) is 0.283. The summed E-state index contributed by atoms with van der Waals surface area (Å²) in [6.07, 6.45) is 0. The molecule has 0 bridgehead atoms. The summed E-state index contributed by atoms with van der Waals surface area (Å²) in [5, 5.41) is 0. The minimum absolute atomic E-state index is 0. The second kappa shape index (κ2) is 43.3. The Bertz CT molecular complexity index is 10.8. The van der Waals surface area contributed by atoms with Crippen LogP contribution in [0.1, 0.15) is 0 Å². The topological polar surface area (TPSA) is 0 Å². The molecule has 0 spiro atoms. The molecule has 0 aromatic heterocycles. The van der Waals surface area contributed by atoms with Gasteiger partial charge in [-0.3, -0.25) is 0 Å². The van der Waals surface area contributed by atoms with Crippen molar-refractivity contribution in [2.75, 3.05) is 0 Å². The summed E-state index contributed by atoms with van der Waals surface area (Å²) in [5.74, 6) is 0. The van der Waals surface area contributed by atoms with Crippen LogP contribution in [0.4, 0.5) is 0 Å². The molecule has 0 unspecified atom stereocenters. The van der Waals surface area contributed by atoms with Crippen LogP contribution in [0, 0.1) is 0 Å². The zero-order valence-corrected chi connectivity index (χ0v) is 9.26. The summed E-state index contributed by atoms with van der Waals surface area (Å²) in [6, 6.07) is 0. The smallest absolute Gasteiger partial charge is 1.00 e. The van der Waals surface area contributed by atoms with Crippen LogP contribution in [0.15, 0.2) is 0 Å². The number of rotatable bonds is 0. The Kier molecular flexibility index (Phi) is 458. The maximum absolute atomic E-state index is 0. The molecule has 0 aromatic carbocycles. The van der Waals surface area contributed by atoms with Gasteiger partial charge in [0.1, 0.15) is 0 Å². The van der Waals surface area contributed by atoms with Gasteiger partial charge in [0.15, 0.2) is 0 Å². The minimum Gasteiger partial charge on any atom is -1.00 e. The van der Waals surface area contributed by atoms with Crippen LogP contribution in [0.25, 0.3) is 0 Å². The maximum Gasteiger partial charge on any atom is 1.00 e. The van der Waals surface area contributed by atoms with E-state index in [-0.39, 0.29) is 114 Å². The van der Waals surface area contributed by atoms with Gasteiger partial charge in [0, 0.05) is 0 Å². The summed E-state index contributed by atoms with van der Waals surface area (Å²) in [6.45, 7) is 0. The van der Waals surface area contributed by atoms with Crippen LogP contribution in [-0.2, 0) is 0 Å². The largest absolute Gasteiger partial charge is 1.00 e. The Labute approximate surface area is 111 Å². The summed E-state index contributed by atoms with van der Waals surface area (Å²) in [4.78, 5) is 0. The second-order valence-corrected chi connectivity index (χ2v) is 0. The first-order chi connectivity index (χ1) is 0. The molecule has 0 aliphatic heterocycles. The van der Waals surface area contributed by atoms with Crippen LogP contribution >= 0.6 is 0 Å². The van der Waals surface area contributed by atoms with Crippen molar-refractivity contribution in [1.82, 2.24) is 0 Å². The third-order valence-corrected chi connectivity index (χ3v) is 0. The van der Waals surface area contributed by atoms with Crippen LogP contribution in [0.3, 0.4) is 0 Å². The molecule has 0 rings (SSSR count). The molecule has 0 aromatic rings. The van der Waals surface area contributed by atoms with Crippen molar-refractivity contribution >= 4 is 0 Å². The van der Waals surface area contributed by atoms with Gasteiger partial charge >= 0.3 is 99.8 Å². The summed E-state index contributed by atoms with van der Waals surface area (Å²) in [5.41, 5.74) is 0. The molecular formula is F3KLiNa. The minimum atomic E-state index is 0. The Balaban J connectivity index is 0. The van der Waals surface area contributed by atoms with E-state index in [1.165, 1.54) is 0 Å². The molecule has 0 radical (unpaired) electrons. The molecule has 6 heteroatoms. The summed E-state index contributed by atoms with van der Waals surface area (Å²) >= 11 is 0. The average molecular weight is 126 g/mol. The van der Waals surface area contributed by atoms with Crippen molar-refractivity contribution in [3.63, 3.8) is 0 Å². The molecule has 0 atom stereocenters. The molecule has 0 aliphatic rings. The first-order valence-electron chi connectivity index (χ1n) is 0. The predicted octanol–water partition coefficient (Wildman–Crippen LogP) is -18.0. The summed E-state index contributed by atoms with van der Waals surface area (Å²) in [7, 11) is 0. The molecule has 0 nitrogen and oxygen atoms in total. The molecule has 0 saturated carbocycles. The standard InChI is InChI=1S/3FH.K.Li.Na/h3*1H;;;/q;;;3*+1/p-3. The Hall–Kier alpha value is 3.02. The van der Waals surface area contributed by atoms with E-state index in [9.17, 15) is 0 Å². The van der Waals surface area contributed by atoms with E-state index in [1.807, 2.05) is 0 Å². The fourth-order valence-electron chi connectivity index (χ4n) is 0. The third-order valence-electron chi connectivity index (χ3n) is 0. The van der Waals surface area contributed by atoms with Crippen molar-refractivity contribution in [1.29, 1.82) is 0 Å². The zero-order valence-electron chi connectivity index (χ0n) is 4.13. The van der Waals surface area contributed by atoms with Gasteiger partial charge in [-0.15, -0.1) is 0 Å². The molecule has 0 saturated heterocycles. The van der Waals surface area contributed by atoms with E-state index >= 15 is 0 Å². The van der Waals surface area contributed by atoms with Crippen LogP contribution in [-0.4, -0.2) is 0 Å². The van der Waals surface area contributed by atoms with Gasteiger partial charge in [0.2, 0.25) is 0 Å². The fourth-order valence-corrected chi connectivity index (χ4v) is 0. The summed E-state index contributed by atoms with van der Waals surface area (Å²) < 4.78 is 0. The van der Waals surface area contributed by atoms with E-state index < -0.39 is 0 Å². The van der Waals surface area contributed by atoms with Gasteiger partial charge in [0.25, 0.3) is 0 Å². The average Bonchev–Trinajstić information content (AvgIpc) is 0. The Morgan fingerprint density at radius 1 is 0.667 bits per heavy atom. The van der Waals surface area contributed by atoms with Crippen LogP contribution < -0.4 is 114 Å². The fraction of sp³-hybridized carbons (Fsp3) is 0. The van der Waals surface area contributed by atoms with Crippen LogP contribution in [0.2, 0.25) is 0 Å². The van der Waals surface area contributed by atoms with Crippen molar-refractivity contribution in [3.05, 3.63) is 0 Å². The van der Waals surface area contributed by atoms with Gasteiger partial charge in [-0.25, -0.2) is 0 Å². The Morgan fingerprint density at radius 2 is 0.667 bits per heavy atom. The SMILES string of the molecule is [F-].[F-].[F-].[K+].[Li+].[Na+]. The van der Waals surface area contributed by atoms with Gasteiger partial charge in [0.05, 0.1) is 0 Å². The van der Waals surface area contributed by atoms with E-state index in [4.69, 9.17) is 0 Å². The van der Waals surface area contributed by atoms with Crippen molar-refractivity contribution in [2.24, 2.45) is 0 Å². The molecule has 0 N–H and O–H groups in total. The van der Waals surface area contributed by atoms with Crippen LogP contribution in [0.5, 0.6) is 0 Å². The Morgan fingerprint density at radius 3 is 0.667 bits per heavy atom. The molecule has 6 heavy (non-hydrogen) atoms. The first kappa shape index (κ1) is 63.5. The first-order valence-corrected chi connectivity index (χ1v) is 0. The molecule has 0 aliphatic carbocycles. The van der Waals surface area contributed by atoms with E-state index in [0.717, 1.165) is 0 Å². The van der Waals surface area contributed by atoms with E-state index in [0.29, 0.717) is 0 Å². The van der Waals surface area contributed by atoms with Gasteiger partial charge in [-0.05, 0) is 0 Å². The number of halogens is 3. The molecule has 0 amide bonds. The third kappa shape index (κ3) is 27.9. The molecule has 0 heterocycles. The molecular weight excluding hydrogens is 126 g/mol. The van der Waals surface area contributed by atoms with Gasteiger partial charge < -0.3 is 14.1 Å². The van der Waals surface area contributed by atoms with Gasteiger partial charge in [-0.1, -0.05) is 0 Å². The maximum atomic E-state index is 0. The number of hydrogen-bond donors (Lipinski definition) is 0. The van der Waals surface area contributed by atoms with Crippen molar-refractivity contribution < 1.29 is 114 Å². The van der Waals surface area contributed by atoms with Crippen molar-refractivity contribution in [3.8, 4) is 0 Å². The van der Waals surface area contributed by atoms with Gasteiger partial charge in [-0.2, -0.15) is 0 Å². The normalized spacial score (nSPS) is 0. The van der Waals surface area contributed by atoms with E-state index in [1.54, 1.807) is 0 Å². The number of hydrogen-bond acceptors (Lipinski definition) is 0. The predicted molar refractivity (Wildman–Crippen MR) is 0 cm³/mol. The second-order valence-electron chi connectivity index (χ2n) is 0. The monoisotopic (exact) mass is 126 g/mol.